The van der Waals surface area contributed by atoms with E-state index in [9.17, 15) is 18.4 Å². The number of fused-ring (bicyclic) bond motifs is 1. The Bertz CT molecular complexity index is 711. The SMILES string of the molecule is COC(=O)c1cc(=O)c2c(Br)c(F)cc(F)c2[nH]1. The molecule has 94 valence electrons. The van der Waals surface area contributed by atoms with E-state index in [1.54, 1.807) is 0 Å². The van der Waals surface area contributed by atoms with E-state index < -0.39 is 23.0 Å². The van der Waals surface area contributed by atoms with Crippen LogP contribution in [-0.4, -0.2) is 18.1 Å². The van der Waals surface area contributed by atoms with Crippen molar-refractivity contribution >= 4 is 32.8 Å². The Hall–Kier alpha value is -1.76. The van der Waals surface area contributed by atoms with Crippen molar-refractivity contribution < 1.29 is 18.3 Å². The van der Waals surface area contributed by atoms with Gasteiger partial charge >= 0.3 is 5.97 Å². The topological polar surface area (TPSA) is 59.2 Å². The van der Waals surface area contributed by atoms with Crippen LogP contribution in [0.3, 0.4) is 0 Å². The van der Waals surface area contributed by atoms with Gasteiger partial charge in [0.25, 0.3) is 0 Å². The van der Waals surface area contributed by atoms with Gasteiger partial charge in [0, 0.05) is 12.1 Å². The number of ether oxygens (including phenoxy) is 1. The number of methoxy groups -OCH3 is 1. The molecule has 0 amide bonds. The first kappa shape index (κ1) is 12.7. The summed E-state index contributed by atoms with van der Waals surface area (Å²) in [5.74, 6) is -2.67. The fourth-order valence-corrected chi connectivity index (χ4v) is 2.05. The fraction of sp³-hybridized carbons (Fsp3) is 0.0909. The summed E-state index contributed by atoms with van der Waals surface area (Å²) in [6, 6.07) is 1.54. The van der Waals surface area contributed by atoms with Crippen LogP contribution in [0.15, 0.2) is 21.4 Å². The largest absolute Gasteiger partial charge is 0.464 e. The van der Waals surface area contributed by atoms with Gasteiger partial charge in [-0.15, -0.1) is 0 Å². The van der Waals surface area contributed by atoms with E-state index in [1.165, 1.54) is 0 Å². The van der Waals surface area contributed by atoms with Crippen molar-refractivity contribution in [3.8, 4) is 0 Å². The Balaban J connectivity index is 2.91. The summed E-state index contributed by atoms with van der Waals surface area (Å²) >= 11 is 2.87. The normalized spacial score (nSPS) is 10.7. The van der Waals surface area contributed by atoms with Crippen LogP contribution in [0.1, 0.15) is 10.5 Å². The number of rotatable bonds is 1. The number of benzene rings is 1. The second-order valence-corrected chi connectivity index (χ2v) is 4.24. The van der Waals surface area contributed by atoms with E-state index in [1.807, 2.05) is 0 Å². The van der Waals surface area contributed by atoms with E-state index in [2.05, 4.69) is 25.7 Å². The number of pyridine rings is 1. The van der Waals surface area contributed by atoms with Crippen LogP contribution in [0, 0.1) is 11.6 Å². The zero-order valence-electron chi connectivity index (χ0n) is 9.01. The molecule has 2 aromatic rings. The first-order valence-corrected chi connectivity index (χ1v) is 5.54. The predicted molar refractivity (Wildman–Crippen MR) is 63.5 cm³/mol. The van der Waals surface area contributed by atoms with E-state index in [0.29, 0.717) is 6.07 Å². The summed E-state index contributed by atoms with van der Waals surface area (Å²) in [6.45, 7) is 0. The van der Waals surface area contributed by atoms with Gasteiger partial charge in [-0.3, -0.25) is 4.79 Å². The number of carbonyl (C=O) groups excluding carboxylic acids is 1. The molecule has 2 rings (SSSR count). The summed E-state index contributed by atoms with van der Waals surface area (Å²) in [4.78, 5) is 25.4. The second-order valence-electron chi connectivity index (χ2n) is 3.44. The molecular weight excluding hydrogens is 312 g/mol. The summed E-state index contributed by atoms with van der Waals surface area (Å²) in [7, 11) is 1.13. The molecule has 7 heteroatoms. The third-order valence-electron chi connectivity index (χ3n) is 2.36. The predicted octanol–water partition coefficient (Wildman–Crippen LogP) is 2.36. The standard InChI is InChI=1S/C11H6BrF2NO3/c1-18-11(17)6-3-7(16)8-9(12)4(13)2-5(14)10(8)15-6/h2-3H,1H3,(H,15,16). The molecule has 1 heterocycles. The quantitative estimate of drug-likeness (QED) is 0.649. The van der Waals surface area contributed by atoms with Gasteiger partial charge in [-0.1, -0.05) is 0 Å². The monoisotopic (exact) mass is 317 g/mol. The van der Waals surface area contributed by atoms with Crippen LogP contribution in [0.5, 0.6) is 0 Å². The van der Waals surface area contributed by atoms with E-state index >= 15 is 0 Å². The van der Waals surface area contributed by atoms with Gasteiger partial charge in [0.1, 0.15) is 17.3 Å². The van der Waals surface area contributed by atoms with Crippen molar-refractivity contribution in [1.82, 2.24) is 4.98 Å². The zero-order valence-corrected chi connectivity index (χ0v) is 10.6. The lowest BCUT2D eigenvalue weighted by atomic mass is 10.2. The van der Waals surface area contributed by atoms with Gasteiger partial charge in [0.05, 0.1) is 22.5 Å². The number of H-pyrrole nitrogens is 1. The maximum absolute atomic E-state index is 13.6. The molecule has 0 aliphatic rings. The number of hydrogen-bond donors (Lipinski definition) is 1. The highest BCUT2D eigenvalue weighted by Crippen LogP contribution is 2.25. The lowest BCUT2D eigenvalue weighted by Gasteiger charge is -2.06. The number of hydrogen-bond acceptors (Lipinski definition) is 3. The number of halogens is 3. The molecule has 1 N–H and O–H groups in total. The van der Waals surface area contributed by atoms with Gasteiger partial charge in [-0.05, 0) is 15.9 Å². The van der Waals surface area contributed by atoms with Crippen molar-refractivity contribution in [3.63, 3.8) is 0 Å². The molecule has 1 aromatic carbocycles. The zero-order chi connectivity index (χ0) is 13.4. The maximum Gasteiger partial charge on any atom is 0.354 e. The van der Waals surface area contributed by atoms with Crippen LogP contribution in [0.4, 0.5) is 8.78 Å². The minimum atomic E-state index is -0.964. The number of aromatic nitrogens is 1. The van der Waals surface area contributed by atoms with Crippen molar-refractivity contribution in [3.05, 3.63) is 44.2 Å². The summed E-state index contributed by atoms with van der Waals surface area (Å²) < 4.78 is 31.1. The Morgan fingerprint density at radius 2 is 2.00 bits per heavy atom. The van der Waals surface area contributed by atoms with Crippen molar-refractivity contribution in [2.45, 2.75) is 0 Å². The lowest BCUT2D eigenvalue weighted by Crippen LogP contribution is -2.13. The molecule has 1 aromatic heterocycles. The number of aromatic amines is 1. The Morgan fingerprint density at radius 3 is 2.61 bits per heavy atom. The lowest BCUT2D eigenvalue weighted by molar-refractivity contribution is 0.0594. The molecule has 0 radical (unpaired) electrons. The molecule has 0 aliphatic carbocycles. The number of nitrogens with one attached hydrogen (secondary N) is 1. The first-order valence-electron chi connectivity index (χ1n) is 4.74. The van der Waals surface area contributed by atoms with E-state index in [4.69, 9.17) is 0 Å². The van der Waals surface area contributed by atoms with Crippen LogP contribution < -0.4 is 5.43 Å². The third kappa shape index (κ3) is 1.90. The van der Waals surface area contributed by atoms with Crippen molar-refractivity contribution in [2.24, 2.45) is 0 Å². The van der Waals surface area contributed by atoms with Crippen molar-refractivity contribution in [1.29, 1.82) is 0 Å². The fourth-order valence-electron chi connectivity index (χ4n) is 1.54. The van der Waals surface area contributed by atoms with Gasteiger partial charge < -0.3 is 9.72 Å². The van der Waals surface area contributed by atoms with Crippen LogP contribution in [0.25, 0.3) is 10.9 Å². The molecule has 0 atom stereocenters. The molecule has 0 saturated carbocycles. The molecule has 0 aliphatic heterocycles. The molecule has 4 nitrogen and oxygen atoms in total. The highest BCUT2D eigenvalue weighted by atomic mass is 79.9. The minimum absolute atomic E-state index is 0.156. The average molecular weight is 318 g/mol. The number of esters is 1. The van der Waals surface area contributed by atoms with Crippen LogP contribution >= 0.6 is 15.9 Å². The average Bonchev–Trinajstić information content (AvgIpc) is 2.34. The molecule has 0 unspecified atom stereocenters. The van der Waals surface area contributed by atoms with Gasteiger partial charge in [-0.25, -0.2) is 13.6 Å². The summed E-state index contributed by atoms with van der Waals surface area (Å²) in [6.07, 6.45) is 0. The highest BCUT2D eigenvalue weighted by Gasteiger charge is 2.17. The Labute approximate surface area is 108 Å². The summed E-state index contributed by atoms with van der Waals surface area (Å²) in [5, 5.41) is -0.194. The molecule has 0 fully saturated rings. The van der Waals surface area contributed by atoms with Crippen LogP contribution in [-0.2, 0) is 4.74 Å². The van der Waals surface area contributed by atoms with Gasteiger partial charge in [0.2, 0.25) is 0 Å². The molecule has 0 saturated heterocycles. The summed E-state index contributed by atoms with van der Waals surface area (Å²) in [5.41, 5.74) is -1.14. The first-order chi connectivity index (χ1) is 8.45. The molecular formula is C11H6BrF2NO3. The highest BCUT2D eigenvalue weighted by molar-refractivity contribution is 9.10. The molecule has 18 heavy (non-hydrogen) atoms. The Kier molecular flexibility index (Phi) is 3.16. The smallest absolute Gasteiger partial charge is 0.354 e. The van der Waals surface area contributed by atoms with Crippen molar-refractivity contribution in [2.75, 3.05) is 7.11 Å². The second kappa shape index (κ2) is 4.49. The van der Waals surface area contributed by atoms with Gasteiger partial charge in [-0.2, -0.15) is 0 Å². The maximum atomic E-state index is 13.6. The molecule has 0 spiro atoms. The van der Waals surface area contributed by atoms with Crippen LogP contribution in [0.2, 0.25) is 0 Å². The van der Waals surface area contributed by atoms with E-state index in [-0.39, 0.29) is 21.1 Å². The Morgan fingerprint density at radius 1 is 1.33 bits per heavy atom. The number of carbonyl (C=O) groups is 1. The van der Waals surface area contributed by atoms with Gasteiger partial charge in [0.15, 0.2) is 5.43 Å². The third-order valence-corrected chi connectivity index (χ3v) is 3.13. The minimum Gasteiger partial charge on any atom is -0.464 e. The molecule has 0 bridgehead atoms. The van der Waals surface area contributed by atoms with E-state index in [0.717, 1.165) is 13.2 Å².